The average molecular weight is 228 g/mol. The Morgan fingerprint density at radius 2 is 2.31 bits per heavy atom. The summed E-state index contributed by atoms with van der Waals surface area (Å²) >= 11 is 0. The van der Waals surface area contributed by atoms with E-state index < -0.39 is 0 Å². The van der Waals surface area contributed by atoms with E-state index in [0.29, 0.717) is 26.2 Å². The number of hydrogen-bond acceptors (Lipinski definition) is 4. The van der Waals surface area contributed by atoms with E-state index >= 15 is 0 Å². The number of nitrogens with two attached hydrogens (primary N) is 1. The van der Waals surface area contributed by atoms with Crippen LogP contribution in [0.5, 0.6) is 0 Å². The number of morpholine rings is 1. The molecule has 2 rings (SSSR count). The highest BCUT2D eigenvalue weighted by Gasteiger charge is 2.37. The third-order valence-corrected chi connectivity index (χ3v) is 3.61. The molecule has 0 spiro atoms. The van der Waals surface area contributed by atoms with Crippen LogP contribution in [0.3, 0.4) is 0 Å². The fraction of sp³-hybridized carbons (Fsp3) is 0.909. The van der Waals surface area contributed by atoms with Gasteiger partial charge in [-0.05, 0) is 19.3 Å². The molecular weight excluding hydrogens is 208 g/mol. The zero-order valence-corrected chi connectivity index (χ0v) is 9.52. The Labute approximate surface area is 95.5 Å². The molecule has 92 valence electrons. The van der Waals surface area contributed by atoms with Crippen molar-refractivity contribution < 1.29 is 14.6 Å². The minimum absolute atomic E-state index is 0.0384. The summed E-state index contributed by atoms with van der Waals surface area (Å²) in [4.78, 5) is 13.8. The molecule has 16 heavy (non-hydrogen) atoms. The summed E-state index contributed by atoms with van der Waals surface area (Å²) < 4.78 is 5.24. The quantitative estimate of drug-likeness (QED) is 0.681. The summed E-state index contributed by atoms with van der Waals surface area (Å²) in [5, 5.41) is 9.17. The number of amides is 1. The van der Waals surface area contributed by atoms with E-state index in [1.54, 1.807) is 4.90 Å². The number of ether oxygens (including phenoxy) is 1. The molecule has 1 heterocycles. The Bertz CT molecular complexity index is 266. The monoisotopic (exact) mass is 228 g/mol. The van der Waals surface area contributed by atoms with E-state index in [-0.39, 0.29) is 24.1 Å². The molecular formula is C11H20N2O3. The molecule has 2 fully saturated rings. The Hall–Kier alpha value is -0.650. The summed E-state index contributed by atoms with van der Waals surface area (Å²) in [7, 11) is 0. The van der Waals surface area contributed by atoms with E-state index in [0.717, 1.165) is 19.3 Å². The van der Waals surface area contributed by atoms with E-state index in [1.807, 2.05) is 0 Å². The van der Waals surface area contributed by atoms with Crippen molar-refractivity contribution >= 4 is 5.91 Å². The first-order chi connectivity index (χ1) is 7.64. The average Bonchev–Trinajstić information content (AvgIpc) is 2.26. The molecule has 1 aliphatic carbocycles. The van der Waals surface area contributed by atoms with Crippen molar-refractivity contribution in [2.45, 2.75) is 37.3 Å². The van der Waals surface area contributed by atoms with Gasteiger partial charge in [-0.1, -0.05) is 0 Å². The van der Waals surface area contributed by atoms with Gasteiger partial charge < -0.3 is 20.5 Å². The molecule has 0 aromatic heterocycles. The highest BCUT2D eigenvalue weighted by Crippen LogP contribution is 2.32. The SMILES string of the molecule is NC1(CC(=O)N2CCOCC2CO)CCC1. The second kappa shape index (κ2) is 4.69. The van der Waals surface area contributed by atoms with Crippen LogP contribution in [-0.4, -0.2) is 53.9 Å². The number of aliphatic hydroxyl groups excluding tert-OH is 1. The maximum Gasteiger partial charge on any atom is 0.224 e. The molecule has 1 unspecified atom stereocenters. The lowest BCUT2D eigenvalue weighted by Crippen LogP contribution is -2.55. The van der Waals surface area contributed by atoms with Crippen LogP contribution >= 0.6 is 0 Å². The molecule has 5 heteroatoms. The van der Waals surface area contributed by atoms with Gasteiger partial charge in [0.1, 0.15) is 0 Å². The van der Waals surface area contributed by atoms with E-state index in [1.165, 1.54) is 0 Å². The number of nitrogens with zero attached hydrogens (tertiary/aromatic N) is 1. The normalized spacial score (nSPS) is 28.6. The van der Waals surface area contributed by atoms with Gasteiger partial charge >= 0.3 is 0 Å². The second-order valence-electron chi connectivity index (χ2n) is 4.89. The first-order valence-electron chi connectivity index (χ1n) is 5.92. The van der Waals surface area contributed by atoms with Gasteiger partial charge in [0, 0.05) is 18.5 Å². The minimum atomic E-state index is -0.282. The standard InChI is InChI=1S/C11H20N2O3/c12-11(2-1-3-11)6-10(15)13-4-5-16-8-9(13)7-14/h9,14H,1-8,12H2. The summed E-state index contributed by atoms with van der Waals surface area (Å²) in [6.07, 6.45) is 3.40. The van der Waals surface area contributed by atoms with Gasteiger partial charge in [0.2, 0.25) is 5.91 Å². The topological polar surface area (TPSA) is 75.8 Å². The predicted molar refractivity (Wildman–Crippen MR) is 58.8 cm³/mol. The molecule has 0 aromatic carbocycles. The Morgan fingerprint density at radius 1 is 1.56 bits per heavy atom. The number of hydrogen-bond donors (Lipinski definition) is 2. The van der Waals surface area contributed by atoms with Crippen molar-refractivity contribution in [3.8, 4) is 0 Å². The van der Waals surface area contributed by atoms with Gasteiger partial charge in [0.15, 0.2) is 0 Å². The van der Waals surface area contributed by atoms with Gasteiger partial charge in [-0.3, -0.25) is 4.79 Å². The summed E-state index contributed by atoms with van der Waals surface area (Å²) in [6.45, 7) is 1.52. The van der Waals surface area contributed by atoms with Gasteiger partial charge in [0.05, 0.1) is 25.9 Å². The highest BCUT2D eigenvalue weighted by atomic mass is 16.5. The molecule has 1 atom stereocenters. The molecule has 3 N–H and O–H groups in total. The third-order valence-electron chi connectivity index (χ3n) is 3.61. The lowest BCUT2D eigenvalue weighted by molar-refractivity contribution is -0.143. The maximum absolute atomic E-state index is 12.1. The highest BCUT2D eigenvalue weighted by molar-refractivity contribution is 5.78. The van der Waals surface area contributed by atoms with Crippen LogP contribution in [0.2, 0.25) is 0 Å². The molecule has 1 saturated heterocycles. The predicted octanol–water partition coefficient (Wildman–Crippen LogP) is -0.522. The van der Waals surface area contributed by atoms with E-state index in [2.05, 4.69) is 0 Å². The van der Waals surface area contributed by atoms with Gasteiger partial charge in [-0.2, -0.15) is 0 Å². The van der Waals surface area contributed by atoms with Crippen LogP contribution in [0, 0.1) is 0 Å². The second-order valence-corrected chi connectivity index (χ2v) is 4.89. The van der Waals surface area contributed by atoms with Gasteiger partial charge in [-0.25, -0.2) is 0 Å². The smallest absolute Gasteiger partial charge is 0.224 e. The van der Waals surface area contributed by atoms with Crippen LogP contribution < -0.4 is 5.73 Å². The van der Waals surface area contributed by atoms with Crippen LogP contribution in [-0.2, 0) is 9.53 Å². The Kier molecular flexibility index (Phi) is 3.47. The molecule has 1 amide bonds. The zero-order valence-electron chi connectivity index (χ0n) is 9.52. The van der Waals surface area contributed by atoms with Crippen molar-refractivity contribution in [1.29, 1.82) is 0 Å². The lowest BCUT2D eigenvalue weighted by atomic mass is 9.75. The first kappa shape index (κ1) is 11.8. The molecule has 0 aromatic rings. The molecule has 5 nitrogen and oxygen atoms in total. The number of carbonyl (C=O) groups excluding carboxylic acids is 1. The van der Waals surface area contributed by atoms with Crippen LogP contribution in [0.1, 0.15) is 25.7 Å². The molecule has 0 bridgehead atoms. The molecule has 1 saturated carbocycles. The van der Waals surface area contributed by atoms with Crippen LogP contribution in [0.25, 0.3) is 0 Å². The largest absolute Gasteiger partial charge is 0.394 e. The summed E-state index contributed by atoms with van der Waals surface area (Å²) in [5.41, 5.74) is 5.77. The number of rotatable bonds is 3. The zero-order chi connectivity index (χ0) is 11.6. The molecule has 0 radical (unpaired) electrons. The maximum atomic E-state index is 12.1. The number of carbonyl (C=O) groups is 1. The fourth-order valence-corrected chi connectivity index (χ4v) is 2.34. The lowest BCUT2D eigenvalue weighted by Gasteiger charge is -2.41. The fourth-order valence-electron chi connectivity index (χ4n) is 2.34. The molecule has 2 aliphatic rings. The molecule has 1 aliphatic heterocycles. The van der Waals surface area contributed by atoms with Crippen LogP contribution in [0.4, 0.5) is 0 Å². The summed E-state index contributed by atoms with van der Waals surface area (Å²) in [6, 6.07) is -0.190. The van der Waals surface area contributed by atoms with Gasteiger partial charge in [-0.15, -0.1) is 0 Å². The minimum Gasteiger partial charge on any atom is -0.394 e. The Morgan fingerprint density at radius 3 is 2.88 bits per heavy atom. The Balaban J connectivity index is 1.91. The van der Waals surface area contributed by atoms with Crippen molar-refractivity contribution in [1.82, 2.24) is 4.90 Å². The summed E-state index contributed by atoms with van der Waals surface area (Å²) in [5.74, 6) is 0.0598. The third kappa shape index (κ3) is 2.36. The van der Waals surface area contributed by atoms with Gasteiger partial charge in [0.25, 0.3) is 0 Å². The van der Waals surface area contributed by atoms with Crippen molar-refractivity contribution in [2.75, 3.05) is 26.4 Å². The van der Waals surface area contributed by atoms with Crippen molar-refractivity contribution in [2.24, 2.45) is 5.73 Å². The van der Waals surface area contributed by atoms with E-state index in [9.17, 15) is 9.90 Å². The van der Waals surface area contributed by atoms with Crippen molar-refractivity contribution in [3.05, 3.63) is 0 Å². The number of aliphatic hydroxyl groups is 1. The first-order valence-corrected chi connectivity index (χ1v) is 5.92. The van der Waals surface area contributed by atoms with Crippen LogP contribution in [0.15, 0.2) is 0 Å². The van der Waals surface area contributed by atoms with Crippen molar-refractivity contribution in [3.63, 3.8) is 0 Å². The van der Waals surface area contributed by atoms with E-state index in [4.69, 9.17) is 10.5 Å².